The third-order valence-electron chi connectivity index (χ3n) is 4.25. The average Bonchev–Trinajstić information content (AvgIpc) is 3.15. The van der Waals surface area contributed by atoms with Gasteiger partial charge in [-0.3, -0.25) is 14.5 Å². The number of hydrogen-bond donors (Lipinski definition) is 0. The SMILES string of the molecule is CN1C(=O)c2ccc(C(=O)OCc3csc4ccccc34)cc2C1=O. The molecule has 6 heteroatoms. The molecule has 25 heavy (non-hydrogen) atoms. The van der Waals surface area contributed by atoms with Gasteiger partial charge in [0.25, 0.3) is 11.8 Å². The summed E-state index contributed by atoms with van der Waals surface area (Å²) in [5.41, 5.74) is 1.76. The number of carbonyl (C=O) groups excluding carboxylic acids is 3. The molecular weight excluding hydrogens is 338 g/mol. The summed E-state index contributed by atoms with van der Waals surface area (Å²) in [5, 5.41) is 3.04. The average molecular weight is 351 g/mol. The molecule has 124 valence electrons. The van der Waals surface area contributed by atoms with Crippen LogP contribution in [0.5, 0.6) is 0 Å². The highest BCUT2D eigenvalue weighted by Crippen LogP contribution is 2.27. The van der Waals surface area contributed by atoms with Crippen molar-refractivity contribution < 1.29 is 19.1 Å². The highest BCUT2D eigenvalue weighted by Gasteiger charge is 2.33. The number of hydrogen-bond acceptors (Lipinski definition) is 5. The van der Waals surface area contributed by atoms with Crippen molar-refractivity contribution in [3.05, 3.63) is 70.1 Å². The fourth-order valence-electron chi connectivity index (χ4n) is 2.86. The van der Waals surface area contributed by atoms with E-state index in [1.807, 2.05) is 29.6 Å². The number of fused-ring (bicyclic) bond motifs is 2. The predicted octanol–water partition coefficient (Wildman–Crippen LogP) is 3.48. The molecule has 1 aliphatic rings. The molecular formula is C19H13NO4S. The normalized spacial score (nSPS) is 13.4. The van der Waals surface area contributed by atoms with Crippen LogP contribution in [0.3, 0.4) is 0 Å². The lowest BCUT2D eigenvalue weighted by molar-refractivity contribution is 0.0474. The molecule has 0 atom stereocenters. The zero-order chi connectivity index (χ0) is 17.6. The lowest BCUT2D eigenvalue weighted by atomic mass is 10.1. The fraction of sp³-hybridized carbons (Fsp3) is 0.105. The van der Waals surface area contributed by atoms with Crippen molar-refractivity contribution in [2.45, 2.75) is 6.61 Å². The van der Waals surface area contributed by atoms with Crippen molar-refractivity contribution in [2.24, 2.45) is 0 Å². The Hall–Kier alpha value is -2.99. The molecule has 2 heterocycles. The Morgan fingerprint density at radius 2 is 1.84 bits per heavy atom. The number of esters is 1. The van der Waals surface area contributed by atoms with Crippen LogP contribution in [-0.2, 0) is 11.3 Å². The molecule has 0 unspecified atom stereocenters. The van der Waals surface area contributed by atoms with E-state index in [2.05, 4.69) is 0 Å². The van der Waals surface area contributed by atoms with Gasteiger partial charge < -0.3 is 4.74 Å². The molecule has 1 aromatic heterocycles. The fourth-order valence-corrected chi connectivity index (χ4v) is 3.81. The van der Waals surface area contributed by atoms with Gasteiger partial charge in [-0.2, -0.15) is 0 Å². The highest BCUT2D eigenvalue weighted by atomic mass is 32.1. The second-order valence-corrected chi connectivity index (χ2v) is 6.67. The van der Waals surface area contributed by atoms with E-state index in [1.54, 1.807) is 11.3 Å². The first-order chi connectivity index (χ1) is 12.1. The number of thiophene rings is 1. The quantitative estimate of drug-likeness (QED) is 0.535. The lowest BCUT2D eigenvalue weighted by Gasteiger charge is -2.05. The van der Waals surface area contributed by atoms with Crippen molar-refractivity contribution in [3.8, 4) is 0 Å². The van der Waals surface area contributed by atoms with Gasteiger partial charge >= 0.3 is 5.97 Å². The van der Waals surface area contributed by atoms with Crippen molar-refractivity contribution in [2.75, 3.05) is 7.05 Å². The second kappa shape index (κ2) is 5.82. The summed E-state index contributed by atoms with van der Waals surface area (Å²) in [6.07, 6.45) is 0. The zero-order valence-electron chi connectivity index (χ0n) is 13.3. The van der Waals surface area contributed by atoms with E-state index < -0.39 is 11.9 Å². The Labute approximate surface area is 147 Å². The maximum atomic E-state index is 12.3. The number of carbonyl (C=O) groups is 3. The van der Waals surface area contributed by atoms with Crippen LogP contribution >= 0.6 is 11.3 Å². The van der Waals surface area contributed by atoms with E-state index in [0.29, 0.717) is 5.56 Å². The van der Waals surface area contributed by atoms with Crippen LogP contribution in [0, 0.1) is 0 Å². The smallest absolute Gasteiger partial charge is 0.338 e. The standard InChI is InChI=1S/C19H13NO4S/c1-20-17(21)14-7-6-11(8-15(14)18(20)22)19(23)24-9-12-10-25-16-5-3-2-4-13(12)16/h2-8,10H,9H2,1H3. The number of rotatable bonds is 3. The van der Waals surface area contributed by atoms with Gasteiger partial charge in [-0.15, -0.1) is 11.3 Å². The van der Waals surface area contributed by atoms with Crippen LogP contribution in [0.25, 0.3) is 10.1 Å². The van der Waals surface area contributed by atoms with Gasteiger partial charge in [-0.1, -0.05) is 18.2 Å². The molecule has 0 spiro atoms. The van der Waals surface area contributed by atoms with E-state index >= 15 is 0 Å². The van der Waals surface area contributed by atoms with Gasteiger partial charge in [0.15, 0.2) is 0 Å². The van der Waals surface area contributed by atoms with E-state index in [4.69, 9.17) is 4.74 Å². The van der Waals surface area contributed by atoms with Crippen molar-refractivity contribution in [1.82, 2.24) is 4.90 Å². The van der Waals surface area contributed by atoms with Crippen LogP contribution in [0.1, 0.15) is 36.6 Å². The minimum atomic E-state index is -0.520. The first-order valence-electron chi connectivity index (χ1n) is 7.65. The summed E-state index contributed by atoms with van der Waals surface area (Å²) in [7, 11) is 1.42. The minimum Gasteiger partial charge on any atom is -0.457 e. The van der Waals surface area contributed by atoms with E-state index in [9.17, 15) is 14.4 Å². The third kappa shape index (κ3) is 2.51. The molecule has 1 aliphatic heterocycles. The summed E-state index contributed by atoms with van der Waals surface area (Å²) < 4.78 is 6.52. The van der Waals surface area contributed by atoms with Crippen LogP contribution in [0.4, 0.5) is 0 Å². The first-order valence-corrected chi connectivity index (χ1v) is 8.53. The van der Waals surface area contributed by atoms with Crippen LogP contribution in [0.15, 0.2) is 47.8 Å². The Bertz CT molecular complexity index is 1040. The van der Waals surface area contributed by atoms with E-state index in [1.165, 1.54) is 25.2 Å². The van der Waals surface area contributed by atoms with Crippen LogP contribution in [0.2, 0.25) is 0 Å². The van der Waals surface area contributed by atoms with Gasteiger partial charge in [0, 0.05) is 17.3 Å². The Morgan fingerprint density at radius 3 is 2.68 bits per heavy atom. The monoisotopic (exact) mass is 351 g/mol. The molecule has 0 N–H and O–H groups in total. The largest absolute Gasteiger partial charge is 0.457 e. The summed E-state index contributed by atoms with van der Waals surface area (Å²) in [5.74, 6) is -1.28. The van der Waals surface area contributed by atoms with Crippen molar-refractivity contribution >= 4 is 39.2 Å². The van der Waals surface area contributed by atoms with Crippen LogP contribution in [-0.4, -0.2) is 29.7 Å². The molecule has 5 nitrogen and oxygen atoms in total. The molecule has 2 amide bonds. The van der Waals surface area contributed by atoms with Gasteiger partial charge in [0.1, 0.15) is 6.61 Å². The van der Waals surface area contributed by atoms with Gasteiger partial charge in [0.2, 0.25) is 0 Å². The van der Waals surface area contributed by atoms with Crippen LogP contribution < -0.4 is 0 Å². The van der Waals surface area contributed by atoms with Gasteiger partial charge in [-0.25, -0.2) is 4.79 Å². The van der Waals surface area contributed by atoms with Crippen molar-refractivity contribution in [3.63, 3.8) is 0 Å². The van der Waals surface area contributed by atoms with Gasteiger partial charge in [0.05, 0.1) is 16.7 Å². The molecule has 2 aromatic carbocycles. The summed E-state index contributed by atoms with van der Waals surface area (Å²) >= 11 is 1.60. The lowest BCUT2D eigenvalue weighted by Crippen LogP contribution is -2.24. The second-order valence-electron chi connectivity index (χ2n) is 5.76. The molecule has 0 aliphatic carbocycles. The number of nitrogens with zero attached hydrogens (tertiary/aromatic N) is 1. The maximum Gasteiger partial charge on any atom is 0.338 e. The van der Waals surface area contributed by atoms with Gasteiger partial charge in [-0.05, 0) is 35.0 Å². The summed E-state index contributed by atoms with van der Waals surface area (Å²) in [6.45, 7) is 0.159. The molecule has 4 rings (SSSR count). The number of amides is 2. The number of ether oxygens (including phenoxy) is 1. The topological polar surface area (TPSA) is 63.7 Å². The Kier molecular flexibility index (Phi) is 3.62. The molecule has 0 saturated carbocycles. The molecule has 0 radical (unpaired) electrons. The maximum absolute atomic E-state index is 12.3. The zero-order valence-corrected chi connectivity index (χ0v) is 14.1. The first kappa shape index (κ1) is 15.5. The summed E-state index contributed by atoms with van der Waals surface area (Å²) in [4.78, 5) is 37.3. The number of imide groups is 1. The van der Waals surface area contributed by atoms with Crippen molar-refractivity contribution in [1.29, 1.82) is 0 Å². The van der Waals surface area contributed by atoms with E-state index in [0.717, 1.165) is 20.5 Å². The highest BCUT2D eigenvalue weighted by molar-refractivity contribution is 7.17. The molecule has 0 fully saturated rings. The predicted molar refractivity (Wildman–Crippen MR) is 93.8 cm³/mol. The Morgan fingerprint density at radius 1 is 1.08 bits per heavy atom. The Balaban J connectivity index is 1.54. The molecule has 0 saturated heterocycles. The molecule has 0 bridgehead atoms. The number of benzene rings is 2. The summed E-state index contributed by atoms with van der Waals surface area (Å²) in [6, 6.07) is 12.4. The van der Waals surface area contributed by atoms with E-state index in [-0.39, 0.29) is 23.6 Å². The molecule has 3 aromatic rings. The third-order valence-corrected chi connectivity index (χ3v) is 5.26. The minimum absolute atomic E-state index is 0.159.